The van der Waals surface area contributed by atoms with Crippen LogP contribution >= 0.6 is 0 Å². The van der Waals surface area contributed by atoms with Crippen LogP contribution in [0.2, 0.25) is 0 Å². The number of aromatic nitrogens is 1. The second-order valence-corrected chi connectivity index (χ2v) is 6.08. The fraction of sp³-hybridized carbons (Fsp3) is 0.625. The summed E-state index contributed by atoms with van der Waals surface area (Å²) in [6.07, 6.45) is 8.33. The van der Waals surface area contributed by atoms with Gasteiger partial charge in [0.25, 0.3) is 5.91 Å². The summed E-state index contributed by atoms with van der Waals surface area (Å²) in [5.41, 5.74) is 1.77. The first-order chi connectivity index (χ1) is 9.74. The van der Waals surface area contributed by atoms with Crippen molar-refractivity contribution in [1.82, 2.24) is 15.2 Å². The first-order valence-electron chi connectivity index (χ1n) is 7.68. The number of carbonyl (C=O) groups is 1. The lowest BCUT2D eigenvalue weighted by Crippen LogP contribution is -2.43. The first kappa shape index (κ1) is 13.6. The first-order valence-corrected chi connectivity index (χ1v) is 7.68. The highest BCUT2D eigenvalue weighted by Gasteiger charge is 2.30. The van der Waals surface area contributed by atoms with Gasteiger partial charge in [0.2, 0.25) is 0 Å². The fourth-order valence-corrected chi connectivity index (χ4v) is 3.47. The summed E-state index contributed by atoms with van der Waals surface area (Å²) in [5.74, 6) is 0.885. The van der Waals surface area contributed by atoms with Crippen molar-refractivity contribution in [3.8, 4) is 0 Å². The van der Waals surface area contributed by atoms with E-state index < -0.39 is 0 Å². The third kappa shape index (κ3) is 2.85. The molecule has 1 aromatic heterocycles. The number of nitrogens with one attached hydrogen (secondary N) is 1. The van der Waals surface area contributed by atoms with Gasteiger partial charge in [-0.05, 0) is 56.7 Å². The molecule has 0 spiro atoms. The normalized spacial score (nSPS) is 24.1. The number of piperidine rings is 1. The van der Waals surface area contributed by atoms with Gasteiger partial charge in [0.15, 0.2) is 0 Å². The summed E-state index contributed by atoms with van der Waals surface area (Å²) in [7, 11) is 0. The van der Waals surface area contributed by atoms with Crippen molar-refractivity contribution in [2.75, 3.05) is 19.6 Å². The van der Waals surface area contributed by atoms with Crippen molar-refractivity contribution in [1.29, 1.82) is 0 Å². The van der Waals surface area contributed by atoms with Crippen LogP contribution in [0.5, 0.6) is 0 Å². The molecule has 1 N–H and O–H groups in total. The molecule has 108 valence electrons. The standard InChI is InChI=1S/C16H23N3O/c1-12-9-14(11-17-10-12)16(20)19-7-4-13(5-8-19)15-3-2-6-18-15/h9-11,13,15,18H,2-8H2,1H3. The molecular weight excluding hydrogens is 250 g/mol. The van der Waals surface area contributed by atoms with Crippen LogP contribution in [0.1, 0.15) is 41.6 Å². The Balaban J connectivity index is 1.58. The largest absolute Gasteiger partial charge is 0.339 e. The Hall–Kier alpha value is -1.42. The molecule has 2 aliphatic heterocycles. The van der Waals surface area contributed by atoms with Gasteiger partial charge in [0.05, 0.1) is 5.56 Å². The summed E-state index contributed by atoms with van der Waals surface area (Å²) in [5, 5.41) is 3.60. The molecule has 0 radical (unpaired) electrons. The molecule has 20 heavy (non-hydrogen) atoms. The molecule has 4 heteroatoms. The maximum atomic E-state index is 12.5. The van der Waals surface area contributed by atoms with Crippen LogP contribution in [0.3, 0.4) is 0 Å². The van der Waals surface area contributed by atoms with Crippen molar-refractivity contribution in [3.05, 3.63) is 29.6 Å². The van der Waals surface area contributed by atoms with E-state index >= 15 is 0 Å². The second kappa shape index (κ2) is 5.92. The molecule has 2 aliphatic rings. The Kier molecular flexibility index (Phi) is 4.01. The number of likely N-dealkylation sites (tertiary alicyclic amines) is 1. The molecule has 0 aliphatic carbocycles. The summed E-state index contributed by atoms with van der Waals surface area (Å²) < 4.78 is 0. The summed E-state index contributed by atoms with van der Waals surface area (Å²) in [4.78, 5) is 18.6. The Morgan fingerprint density at radius 2 is 2.10 bits per heavy atom. The fourth-order valence-electron chi connectivity index (χ4n) is 3.47. The highest BCUT2D eigenvalue weighted by molar-refractivity contribution is 5.94. The van der Waals surface area contributed by atoms with Crippen LogP contribution in [-0.2, 0) is 0 Å². The zero-order chi connectivity index (χ0) is 13.9. The van der Waals surface area contributed by atoms with Crippen LogP contribution in [-0.4, -0.2) is 41.5 Å². The molecule has 1 atom stereocenters. The SMILES string of the molecule is Cc1cncc(C(=O)N2CCC(C3CCCN3)CC2)c1. The lowest BCUT2D eigenvalue weighted by atomic mass is 9.88. The van der Waals surface area contributed by atoms with Gasteiger partial charge in [0.1, 0.15) is 0 Å². The molecule has 4 nitrogen and oxygen atoms in total. The van der Waals surface area contributed by atoms with Crippen LogP contribution < -0.4 is 5.32 Å². The molecule has 2 saturated heterocycles. The van der Waals surface area contributed by atoms with Crippen LogP contribution in [0.25, 0.3) is 0 Å². The van der Waals surface area contributed by atoms with E-state index in [9.17, 15) is 4.79 Å². The Morgan fingerprint density at radius 1 is 1.30 bits per heavy atom. The zero-order valence-corrected chi connectivity index (χ0v) is 12.1. The molecule has 3 heterocycles. The van der Waals surface area contributed by atoms with Gasteiger partial charge in [-0.1, -0.05) is 0 Å². The van der Waals surface area contributed by atoms with Crippen molar-refractivity contribution in [2.24, 2.45) is 5.92 Å². The van der Waals surface area contributed by atoms with Crippen LogP contribution in [0.4, 0.5) is 0 Å². The van der Waals surface area contributed by atoms with E-state index in [0.29, 0.717) is 6.04 Å². The number of rotatable bonds is 2. The lowest BCUT2D eigenvalue weighted by Gasteiger charge is -2.35. The Morgan fingerprint density at radius 3 is 2.75 bits per heavy atom. The Bertz CT molecular complexity index is 474. The smallest absolute Gasteiger partial charge is 0.255 e. The maximum Gasteiger partial charge on any atom is 0.255 e. The maximum absolute atomic E-state index is 12.5. The monoisotopic (exact) mass is 273 g/mol. The van der Waals surface area contributed by atoms with Crippen LogP contribution in [0, 0.1) is 12.8 Å². The highest BCUT2D eigenvalue weighted by atomic mass is 16.2. The van der Waals surface area contributed by atoms with Crippen molar-refractivity contribution >= 4 is 5.91 Å². The van der Waals surface area contributed by atoms with Gasteiger partial charge in [-0.2, -0.15) is 0 Å². The van der Waals surface area contributed by atoms with Crippen molar-refractivity contribution in [2.45, 2.75) is 38.6 Å². The van der Waals surface area contributed by atoms with E-state index in [1.807, 2.05) is 17.9 Å². The average molecular weight is 273 g/mol. The summed E-state index contributed by atoms with van der Waals surface area (Å²) in [6.45, 7) is 4.91. The van der Waals surface area contributed by atoms with Crippen molar-refractivity contribution < 1.29 is 4.79 Å². The van der Waals surface area contributed by atoms with Gasteiger partial charge >= 0.3 is 0 Å². The lowest BCUT2D eigenvalue weighted by molar-refractivity contribution is 0.0674. The van der Waals surface area contributed by atoms with E-state index in [-0.39, 0.29) is 5.91 Å². The van der Waals surface area contributed by atoms with Crippen LogP contribution in [0.15, 0.2) is 18.5 Å². The predicted molar refractivity (Wildman–Crippen MR) is 78.6 cm³/mol. The predicted octanol–water partition coefficient (Wildman–Crippen LogP) is 1.99. The topological polar surface area (TPSA) is 45.2 Å². The molecule has 0 bridgehead atoms. The van der Waals surface area contributed by atoms with E-state index in [2.05, 4.69) is 10.3 Å². The average Bonchev–Trinajstić information content (AvgIpc) is 3.01. The highest BCUT2D eigenvalue weighted by Crippen LogP contribution is 2.26. The number of pyridine rings is 1. The molecule has 0 saturated carbocycles. The second-order valence-electron chi connectivity index (χ2n) is 6.08. The zero-order valence-electron chi connectivity index (χ0n) is 12.1. The minimum Gasteiger partial charge on any atom is -0.339 e. The number of aryl methyl sites for hydroxylation is 1. The van der Waals surface area contributed by atoms with Gasteiger partial charge in [0, 0.05) is 31.5 Å². The number of carbonyl (C=O) groups excluding carboxylic acids is 1. The Labute approximate surface area is 120 Å². The minimum absolute atomic E-state index is 0.138. The number of hydrogen-bond acceptors (Lipinski definition) is 3. The third-order valence-corrected chi connectivity index (χ3v) is 4.62. The molecule has 0 aromatic carbocycles. The van der Waals surface area contributed by atoms with Crippen molar-refractivity contribution in [3.63, 3.8) is 0 Å². The number of amides is 1. The van der Waals surface area contributed by atoms with Gasteiger partial charge in [-0.3, -0.25) is 9.78 Å². The molecule has 1 unspecified atom stereocenters. The van der Waals surface area contributed by atoms with Gasteiger partial charge < -0.3 is 10.2 Å². The van der Waals surface area contributed by atoms with E-state index in [4.69, 9.17) is 0 Å². The summed E-state index contributed by atoms with van der Waals surface area (Å²) >= 11 is 0. The molecule has 1 aromatic rings. The third-order valence-electron chi connectivity index (χ3n) is 4.62. The quantitative estimate of drug-likeness (QED) is 0.896. The number of nitrogens with zero attached hydrogens (tertiary/aromatic N) is 2. The molecular formula is C16H23N3O. The van der Waals surface area contributed by atoms with Gasteiger partial charge in [-0.25, -0.2) is 0 Å². The summed E-state index contributed by atoms with van der Waals surface area (Å²) in [6, 6.07) is 2.62. The molecule has 1 amide bonds. The molecule has 3 rings (SSSR count). The van der Waals surface area contributed by atoms with Gasteiger partial charge in [-0.15, -0.1) is 0 Å². The van der Waals surface area contributed by atoms with E-state index in [0.717, 1.165) is 43.0 Å². The molecule has 2 fully saturated rings. The minimum atomic E-state index is 0.138. The number of hydrogen-bond donors (Lipinski definition) is 1. The van der Waals surface area contributed by atoms with E-state index in [1.54, 1.807) is 12.4 Å². The van der Waals surface area contributed by atoms with E-state index in [1.165, 1.54) is 19.4 Å².